The van der Waals surface area contributed by atoms with Gasteiger partial charge in [0.15, 0.2) is 0 Å². The summed E-state index contributed by atoms with van der Waals surface area (Å²) in [5.41, 5.74) is 2.32. The van der Waals surface area contributed by atoms with Crippen molar-refractivity contribution in [2.24, 2.45) is 0 Å². The van der Waals surface area contributed by atoms with Crippen LogP contribution in [0.3, 0.4) is 0 Å². The van der Waals surface area contributed by atoms with E-state index in [9.17, 15) is 9.59 Å². The van der Waals surface area contributed by atoms with Crippen LogP contribution in [0.4, 0.5) is 5.69 Å². The van der Waals surface area contributed by atoms with Gasteiger partial charge in [0, 0.05) is 29.2 Å². The largest absolute Gasteiger partial charge is 0.350 e. The first-order valence-corrected chi connectivity index (χ1v) is 8.18. The second kappa shape index (κ2) is 8.18. The van der Waals surface area contributed by atoms with Gasteiger partial charge in [-0.05, 0) is 36.2 Å². The van der Waals surface area contributed by atoms with Gasteiger partial charge < -0.3 is 10.2 Å². The molecule has 2 aromatic rings. The second-order valence-corrected chi connectivity index (χ2v) is 6.25. The number of hydrogen-bond donors (Lipinski definition) is 1. The van der Waals surface area contributed by atoms with Crippen molar-refractivity contribution in [3.05, 3.63) is 63.6 Å². The third-order valence-electron chi connectivity index (χ3n) is 3.58. The lowest BCUT2D eigenvalue weighted by Gasteiger charge is -2.23. The van der Waals surface area contributed by atoms with Crippen LogP contribution in [0.15, 0.2) is 42.5 Å². The number of aryl methyl sites for hydroxylation is 1. The van der Waals surface area contributed by atoms with Crippen molar-refractivity contribution in [3.63, 3.8) is 0 Å². The number of benzene rings is 2. The fourth-order valence-electron chi connectivity index (χ4n) is 2.27. The third kappa shape index (κ3) is 4.73. The molecule has 2 rings (SSSR count). The van der Waals surface area contributed by atoms with E-state index in [1.807, 2.05) is 31.2 Å². The molecule has 0 saturated carbocycles. The number of amides is 2. The van der Waals surface area contributed by atoms with Crippen LogP contribution in [-0.2, 0) is 16.1 Å². The molecule has 4 nitrogen and oxygen atoms in total. The highest BCUT2D eigenvalue weighted by Gasteiger charge is 2.18. The van der Waals surface area contributed by atoms with Crippen LogP contribution >= 0.6 is 23.2 Å². The summed E-state index contributed by atoms with van der Waals surface area (Å²) in [6, 6.07) is 12.5. The molecule has 0 bridgehead atoms. The zero-order valence-electron chi connectivity index (χ0n) is 13.5. The lowest BCUT2D eigenvalue weighted by molar-refractivity contribution is -0.123. The normalized spacial score (nSPS) is 10.3. The molecule has 0 aliphatic heterocycles. The maximum absolute atomic E-state index is 12.2. The number of nitrogens with one attached hydrogen (secondary N) is 1. The van der Waals surface area contributed by atoms with Crippen LogP contribution in [0.1, 0.15) is 18.1 Å². The summed E-state index contributed by atoms with van der Waals surface area (Å²) in [7, 11) is 0. The molecule has 0 heterocycles. The van der Waals surface area contributed by atoms with Gasteiger partial charge >= 0.3 is 0 Å². The molecule has 2 amide bonds. The quantitative estimate of drug-likeness (QED) is 0.872. The van der Waals surface area contributed by atoms with Crippen molar-refractivity contribution in [1.82, 2.24) is 5.32 Å². The molecule has 6 heteroatoms. The topological polar surface area (TPSA) is 49.4 Å². The van der Waals surface area contributed by atoms with Crippen LogP contribution < -0.4 is 10.2 Å². The number of rotatable bonds is 5. The summed E-state index contributed by atoms with van der Waals surface area (Å²) in [6.07, 6.45) is 0. The summed E-state index contributed by atoms with van der Waals surface area (Å²) in [5.74, 6) is -0.502. The maximum Gasteiger partial charge on any atom is 0.240 e. The molecule has 0 radical (unpaired) electrons. The lowest BCUT2D eigenvalue weighted by atomic mass is 10.1. The Morgan fingerprint density at radius 2 is 1.83 bits per heavy atom. The monoisotopic (exact) mass is 364 g/mol. The molecule has 126 valence electrons. The van der Waals surface area contributed by atoms with Gasteiger partial charge in [0.1, 0.15) is 6.54 Å². The van der Waals surface area contributed by atoms with E-state index in [0.29, 0.717) is 22.3 Å². The molecular formula is C18H18Cl2N2O2. The van der Waals surface area contributed by atoms with Gasteiger partial charge in [-0.15, -0.1) is 0 Å². The smallest absolute Gasteiger partial charge is 0.240 e. The van der Waals surface area contributed by atoms with Gasteiger partial charge in [-0.2, -0.15) is 0 Å². The zero-order valence-corrected chi connectivity index (χ0v) is 15.0. The van der Waals surface area contributed by atoms with Gasteiger partial charge in [-0.3, -0.25) is 9.59 Å². The number of hydrogen-bond acceptors (Lipinski definition) is 2. The van der Waals surface area contributed by atoms with Crippen molar-refractivity contribution in [2.75, 3.05) is 11.4 Å². The van der Waals surface area contributed by atoms with E-state index in [1.165, 1.54) is 11.8 Å². The number of carbonyl (C=O) groups is 2. The highest BCUT2D eigenvalue weighted by atomic mass is 35.5. The van der Waals surface area contributed by atoms with Crippen LogP contribution in [0, 0.1) is 6.92 Å². The van der Waals surface area contributed by atoms with E-state index in [0.717, 1.165) is 11.1 Å². The standard InChI is InChI=1S/C18H18Cl2N2O2/c1-12-7-8-15(19)9-17(12)22(13(2)23)11-18(24)21-10-14-5-3-4-6-16(14)20/h3-9H,10-11H2,1-2H3,(H,21,24). The van der Waals surface area contributed by atoms with E-state index >= 15 is 0 Å². The van der Waals surface area contributed by atoms with Crippen molar-refractivity contribution in [2.45, 2.75) is 20.4 Å². The maximum atomic E-state index is 12.2. The predicted octanol–water partition coefficient (Wildman–Crippen LogP) is 3.97. The fraction of sp³-hybridized carbons (Fsp3) is 0.222. The summed E-state index contributed by atoms with van der Waals surface area (Å²) in [5, 5.41) is 3.88. The molecule has 0 aliphatic rings. The Bertz CT molecular complexity index is 762. The summed E-state index contributed by atoms with van der Waals surface area (Å²) < 4.78 is 0. The first-order valence-electron chi connectivity index (χ1n) is 7.43. The van der Waals surface area contributed by atoms with E-state index in [-0.39, 0.29) is 18.4 Å². The predicted molar refractivity (Wildman–Crippen MR) is 97.5 cm³/mol. The molecule has 24 heavy (non-hydrogen) atoms. The van der Waals surface area contributed by atoms with Crippen LogP contribution in [0.2, 0.25) is 10.0 Å². The number of halogens is 2. The minimum Gasteiger partial charge on any atom is -0.350 e. The molecular weight excluding hydrogens is 347 g/mol. The van der Waals surface area contributed by atoms with Gasteiger partial charge in [-0.1, -0.05) is 47.5 Å². The Hall–Kier alpha value is -2.04. The minimum absolute atomic E-state index is 0.0824. The molecule has 2 aromatic carbocycles. The molecule has 0 aromatic heterocycles. The SMILES string of the molecule is CC(=O)N(CC(=O)NCc1ccccc1Cl)c1cc(Cl)ccc1C. The molecule has 0 atom stereocenters. The van der Waals surface area contributed by atoms with E-state index in [4.69, 9.17) is 23.2 Å². The second-order valence-electron chi connectivity index (χ2n) is 5.40. The minimum atomic E-state index is -0.274. The van der Waals surface area contributed by atoms with E-state index in [2.05, 4.69) is 5.32 Å². The Morgan fingerprint density at radius 1 is 1.12 bits per heavy atom. The zero-order chi connectivity index (χ0) is 17.7. The fourth-order valence-corrected chi connectivity index (χ4v) is 2.64. The molecule has 0 aliphatic carbocycles. The van der Waals surface area contributed by atoms with Gasteiger partial charge in [0.2, 0.25) is 11.8 Å². The molecule has 1 N–H and O–H groups in total. The van der Waals surface area contributed by atoms with Crippen molar-refractivity contribution < 1.29 is 9.59 Å². The van der Waals surface area contributed by atoms with Crippen molar-refractivity contribution in [3.8, 4) is 0 Å². The summed E-state index contributed by atoms with van der Waals surface area (Å²) >= 11 is 12.1. The first-order chi connectivity index (χ1) is 11.4. The average Bonchev–Trinajstić information content (AvgIpc) is 2.54. The van der Waals surface area contributed by atoms with Gasteiger partial charge in [0.05, 0.1) is 0 Å². The van der Waals surface area contributed by atoms with Crippen molar-refractivity contribution >= 4 is 40.7 Å². The Morgan fingerprint density at radius 3 is 2.50 bits per heavy atom. The third-order valence-corrected chi connectivity index (χ3v) is 4.18. The average molecular weight is 365 g/mol. The summed E-state index contributed by atoms with van der Waals surface area (Å²) in [6.45, 7) is 3.50. The Labute approximate surface area is 151 Å². The Kier molecular flexibility index (Phi) is 6.23. The Balaban J connectivity index is 2.08. The number of anilines is 1. The van der Waals surface area contributed by atoms with Crippen LogP contribution in [-0.4, -0.2) is 18.4 Å². The first kappa shape index (κ1) is 18.3. The van der Waals surface area contributed by atoms with Gasteiger partial charge in [-0.25, -0.2) is 0 Å². The lowest BCUT2D eigenvalue weighted by Crippen LogP contribution is -2.40. The summed E-state index contributed by atoms with van der Waals surface area (Å²) in [4.78, 5) is 25.6. The van der Waals surface area contributed by atoms with Crippen LogP contribution in [0.25, 0.3) is 0 Å². The highest BCUT2D eigenvalue weighted by molar-refractivity contribution is 6.31. The molecule has 0 fully saturated rings. The van der Waals surface area contributed by atoms with Crippen LogP contribution in [0.5, 0.6) is 0 Å². The molecule has 0 unspecified atom stereocenters. The number of carbonyl (C=O) groups excluding carboxylic acids is 2. The van der Waals surface area contributed by atoms with Gasteiger partial charge in [0.25, 0.3) is 0 Å². The van der Waals surface area contributed by atoms with E-state index < -0.39 is 0 Å². The van der Waals surface area contributed by atoms with E-state index in [1.54, 1.807) is 18.2 Å². The molecule has 0 saturated heterocycles. The highest BCUT2D eigenvalue weighted by Crippen LogP contribution is 2.24. The molecule has 0 spiro atoms. The van der Waals surface area contributed by atoms with Crippen molar-refractivity contribution in [1.29, 1.82) is 0 Å². The number of nitrogens with zero attached hydrogens (tertiary/aromatic N) is 1.